The summed E-state index contributed by atoms with van der Waals surface area (Å²) in [6.07, 6.45) is 2.77. The Balaban J connectivity index is 1.64. The van der Waals surface area contributed by atoms with Crippen molar-refractivity contribution in [2.24, 2.45) is 5.92 Å². The fraction of sp³-hybridized carbons (Fsp3) is 0.640. The first-order valence-electron chi connectivity index (χ1n) is 12.7. The highest BCUT2D eigenvalue weighted by atomic mass is 35.5. The first-order chi connectivity index (χ1) is 17.4. The van der Waals surface area contributed by atoms with Gasteiger partial charge in [-0.1, -0.05) is 23.7 Å². The molecule has 0 radical (unpaired) electrons. The van der Waals surface area contributed by atoms with Crippen LogP contribution in [-0.4, -0.2) is 91.9 Å². The van der Waals surface area contributed by atoms with Gasteiger partial charge in [-0.3, -0.25) is 4.79 Å². The zero-order valence-corrected chi connectivity index (χ0v) is 21.6. The van der Waals surface area contributed by atoms with Crippen molar-refractivity contribution in [2.75, 3.05) is 52.9 Å². The number of carbonyl (C=O) groups is 3. The number of ether oxygens (including phenoxy) is 1. The van der Waals surface area contributed by atoms with E-state index in [1.165, 1.54) is 0 Å². The van der Waals surface area contributed by atoms with Crippen molar-refractivity contribution in [3.8, 4) is 0 Å². The van der Waals surface area contributed by atoms with Gasteiger partial charge in [-0.2, -0.15) is 0 Å². The number of nitrogens with zero attached hydrogens (tertiary/aromatic N) is 2. The van der Waals surface area contributed by atoms with E-state index in [4.69, 9.17) is 21.4 Å². The lowest BCUT2D eigenvalue weighted by molar-refractivity contribution is -0.133. The summed E-state index contributed by atoms with van der Waals surface area (Å²) in [5, 5.41) is 18.0. The Morgan fingerprint density at radius 1 is 1.25 bits per heavy atom. The number of piperidine rings is 2. The predicted molar refractivity (Wildman–Crippen MR) is 137 cm³/mol. The molecular weight excluding hydrogens is 486 g/mol. The van der Waals surface area contributed by atoms with E-state index in [0.29, 0.717) is 37.6 Å². The van der Waals surface area contributed by atoms with Crippen LogP contribution in [0.3, 0.4) is 0 Å². The summed E-state index contributed by atoms with van der Waals surface area (Å²) in [4.78, 5) is 40.0. The number of likely N-dealkylation sites (tertiary alicyclic amines) is 2. The number of nitrogens with one attached hydrogen (secondary N) is 3. The van der Waals surface area contributed by atoms with Crippen molar-refractivity contribution < 1.29 is 24.2 Å². The highest BCUT2D eigenvalue weighted by Crippen LogP contribution is 2.34. The molecule has 200 valence electrons. The second kappa shape index (κ2) is 14.2. The molecular formula is C25H38ClN5O5. The molecule has 0 unspecified atom stereocenters. The Labute approximate surface area is 217 Å². The lowest BCUT2D eigenvalue weighted by Crippen LogP contribution is -2.55. The van der Waals surface area contributed by atoms with Gasteiger partial charge in [0.15, 0.2) is 0 Å². The Morgan fingerprint density at radius 2 is 2.08 bits per heavy atom. The molecule has 4 N–H and O–H groups in total. The van der Waals surface area contributed by atoms with E-state index in [2.05, 4.69) is 16.0 Å². The monoisotopic (exact) mass is 523 g/mol. The quantitative estimate of drug-likeness (QED) is 0.331. The molecule has 3 rings (SSSR count). The van der Waals surface area contributed by atoms with Crippen LogP contribution >= 0.6 is 11.6 Å². The molecule has 0 spiro atoms. The summed E-state index contributed by atoms with van der Waals surface area (Å²) in [5.41, 5.74) is 0.904. The first kappa shape index (κ1) is 28.0. The van der Waals surface area contributed by atoms with E-state index < -0.39 is 6.09 Å². The number of benzene rings is 1. The summed E-state index contributed by atoms with van der Waals surface area (Å²) < 4.78 is 6.14. The normalized spacial score (nSPS) is 20.1. The van der Waals surface area contributed by atoms with Crippen LogP contribution < -0.4 is 16.0 Å². The van der Waals surface area contributed by atoms with Gasteiger partial charge in [-0.05, 0) is 50.4 Å². The highest BCUT2D eigenvalue weighted by molar-refractivity contribution is 6.30. The fourth-order valence-electron chi connectivity index (χ4n) is 4.97. The van der Waals surface area contributed by atoms with Crippen LogP contribution in [0.15, 0.2) is 24.3 Å². The zero-order chi connectivity index (χ0) is 25.9. The van der Waals surface area contributed by atoms with Crippen molar-refractivity contribution in [1.82, 2.24) is 25.8 Å². The molecule has 1 aromatic rings. The van der Waals surface area contributed by atoms with E-state index in [1.54, 1.807) is 6.07 Å². The van der Waals surface area contributed by atoms with E-state index in [0.717, 1.165) is 37.8 Å². The van der Waals surface area contributed by atoms with E-state index >= 15 is 0 Å². The van der Waals surface area contributed by atoms with Gasteiger partial charge in [0.25, 0.3) is 0 Å². The summed E-state index contributed by atoms with van der Waals surface area (Å²) in [6, 6.07) is 7.12. The van der Waals surface area contributed by atoms with Gasteiger partial charge in [0.05, 0.1) is 18.8 Å². The maximum Gasteiger partial charge on any atom is 0.404 e. The number of hydrogen-bond donors (Lipinski definition) is 4. The number of likely N-dealkylation sites (N-methyl/N-ethyl adjacent to an activating group) is 1. The van der Waals surface area contributed by atoms with Crippen LogP contribution in [-0.2, 0) is 9.53 Å². The summed E-state index contributed by atoms with van der Waals surface area (Å²) in [7, 11) is 1.83. The lowest BCUT2D eigenvalue weighted by atomic mass is 9.88. The third-order valence-electron chi connectivity index (χ3n) is 6.67. The van der Waals surface area contributed by atoms with E-state index in [9.17, 15) is 14.4 Å². The van der Waals surface area contributed by atoms with Crippen molar-refractivity contribution in [3.63, 3.8) is 0 Å². The number of halogens is 1. The van der Waals surface area contributed by atoms with Crippen molar-refractivity contribution in [2.45, 2.75) is 44.2 Å². The minimum absolute atomic E-state index is 0.0271. The molecule has 0 saturated carbocycles. The maximum absolute atomic E-state index is 13.2. The largest absolute Gasteiger partial charge is 0.465 e. The van der Waals surface area contributed by atoms with Crippen LogP contribution in [0, 0.1) is 5.92 Å². The smallest absolute Gasteiger partial charge is 0.404 e. The summed E-state index contributed by atoms with van der Waals surface area (Å²) in [6.45, 7) is 3.32. The van der Waals surface area contributed by atoms with Crippen molar-refractivity contribution in [3.05, 3.63) is 34.9 Å². The van der Waals surface area contributed by atoms with Gasteiger partial charge in [-0.15, -0.1) is 0 Å². The van der Waals surface area contributed by atoms with Gasteiger partial charge in [0, 0.05) is 56.6 Å². The van der Waals surface area contributed by atoms with Gasteiger partial charge in [0.2, 0.25) is 5.91 Å². The molecule has 0 bridgehead atoms. The second-order valence-corrected chi connectivity index (χ2v) is 9.86. The Kier molecular flexibility index (Phi) is 11.1. The number of amides is 4. The minimum atomic E-state index is -1.10. The van der Waals surface area contributed by atoms with Crippen LogP contribution in [0.4, 0.5) is 9.59 Å². The summed E-state index contributed by atoms with van der Waals surface area (Å²) in [5.74, 6) is 0.174. The van der Waals surface area contributed by atoms with Gasteiger partial charge >= 0.3 is 12.1 Å². The summed E-state index contributed by atoms with van der Waals surface area (Å²) >= 11 is 6.23. The number of carboxylic acid groups (broad SMARTS) is 1. The second-order valence-electron chi connectivity index (χ2n) is 9.43. The molecule has 10 nitrogen and oxygen atoms in total. The van der Waals surface area contributed by atoms with Gasteiger partial charge in [0.1, 0.15) is 0 Å². The molecule has 36 heavy (non-hydrogen) atoms. The Morgan fingerprint density at radius 3 is 2.81 bits per heavy atom. The Hall–Kier alpha value is -2.56. The van der Waals surface area contributed by atoms with Crippen LogP contribution in [0.1, 0.15) is 43.8 Å². The molecule has 2 saturated heterocycles. The van der Waals surface area contributed by atoms with Crippen LogP contribution in [0.2, 0.25) is 5.02 Å². The van der Waals surface area contributed by atoms with E-state index in [-0.39, 0.29) is 43.2 Å². The van der Waals surface area contributed by atoms with Gasteiger partial charge in [-0.25, -0.2) is 9.59 Å². The minimum Gasteiger partial charge on any atom is -0.465 e. The standard InChI is InChI=1S/C25H38ClN5O5/c1-27-15-21(17-30-11-3-2-9-22(30)32)29-24(33)31-12-5-7-19(16-31)23(36-13-10-28-25(34)35)18-6-4-8-20(26)14-18/h4,6,8,14,19,21,23,27-28H,2-3,5,7,9-13,15-17H2,1H3,(H,29,33)(H,34,35)/t19-,21-,23+/m1/s1. The predicted octanol–water partition coefficient (Wildman–Crippen LogP) is 2.69. The molecule has 11 heteroatoms. The van der Waals surface area contributed by atoms with Crippen LogP contribution in [0.5, 0.6) is 0 Å². The first-order valence-corrected chi connectivity index (χ1v) is 13.1. The number of carbonyl (C=O) groups excluding carboxylic acids is 2. The van der Waals surface area contributed by atoms with Gasteiger partial charge < -0.3 is 35.6 Å². The third-order valence-corrected chi connectivity index (χ3v) is 6.90. The molecule has 4 amide bonds. The molecule has 2 aliphatic heterocycles. The maximum atomic E-state index is 13.2. The molecule has 3 atom stereocenters. The molecule has 2 fully saturated rings. The van der Waals surface area contributed by atoms with Crippen LogP contribution in [0.25, 0.3) is 0 Å². The average Bonchev–Trinajstić information content (AvgIpc) is 2.85. The van der Waals surface area contributed by atoms with Crippen molar-refractivity contribution in [1.29, 1.82) is 0 Å². The molecule has 1 aromatic carbocycles. The third kappa shape index (κ3) is 8.53. The van der Waals surface area contributed by atoms with Crippen molar-refractivity contribution >= 4 is 29.6 Å². The van der Waals surface area contributed by atoms with E-state index in [1.807, 2.05) is 35.0 Å². The molecule has 0 aliphatic carbocycles. The number of urea groups is 1. The zero-order valence-electron chi connectivity index (χ0n) is 20.9. The topological polar surface area (TPSA) is 123 Å². The lowest BCUT2D eigenvalue weighted by Gasteiger charge is -2.38. The molecule has 2 heterocycles. The fourth-order valence-corrected chi connectivity index (χ4v) is 5.17. The number of rotatable bonds is 11. The Bertz CT molecular complexity index is 888. The highest BCUT2D eigenvalue weighted by Gasteiger charge is 2.32. The SMILES string of the molecule is CNC[C@H](CN1CCCCC1=O)NC(=O)N1CCC[C@@H]([C@@H](OCCNC(=O)O)c2cccc(Cl)c2)C1. The number of hydrogen-bond acceptors (Lipinski definition) is 5. The molecule has 2 aliphatic rings. The average molecular weight is 524 g/mol. The molecule has 0 aromatic heterocycles.